The topological polar surface area (TPSA) is 81.2 Å². The minimum absolute atomic E-state index is 0.165. The molecular formula is C17H14ClN3O3S2. The molecule has 0 saturated heterocycles. The van der Waals surface area contributed by atoms with Gasteiger partial charge in [-0.25, -0.2) is 14.8 Å². The Morgan fingerprint density at radius 2 is 2.15 bits per heavy atom. The fourth-order valence-electron chi connectivity index (χ4n) is 2.08. The van der Waals surface area contributed by atoms with Crippen LogP contribution >= 0.6 is 34.3 Å². The third-order valence-corrected chi connectivity index (χ3v) is 5.59. The molecule has 1 amide bonds. The van der Waals surface area contributed by atoms with Gasteiger partial charge in [0, 0.05) is 17.1 Å². The van der Waals surface area contributed by atoms with Crippen LogP contribution in [0.4, 0.5) is 5.69 Å². The normalized spacial score (nSPS) is 11.8. The van der Waals surface area contributed by atoms with Crippen molar-refractivity contribution in [3.05, 3.63) is 50.9 Å². The number of pyridine rings is 1. The SMILES string of the molecule is Cc1nc(-c2ccsc2)sc1C(=O)OC(C)C(=O)Nc1cccnc1Cl. The Labute approximate surface area is 162 Å². The molecule has 134 valence electrons. The van der Waals surface area contributed by atoms with E-state index >= 15 is 0 Å². The molecule has 9 heteroatoms. The number of hydrogen-bond donors (Lipinski definition) is 1. The molecule has 1 unspecified atom stereocenters. The summed E-state index contributed by atoms with van der Waals surface area (Å²) in [5.74, 6) is -1.07. The number of rotatable bonds is 5. The number of ether oxygens (including phenoxy) is 1. The minimum Gasteiger partial charge on any atom is -0.448 e. The summed E-state index contributed by atoms with van der Waals surface area (Å²) in [6, 6.07) is 5.19. The summed E-state index contributed by atoms with van der Waals surface area (Å²) < 4.78 is 5.28. The molecule has 0 fully saturated rings. The number of nitrogens with one attached hydrogen (secondary N) is 1. The number of nitrogens with zero attached hydrogens (tertiary/aromatic N) is 2. The highest BCUT2D eigenvalue weighted by Gasteiger charge is 2.23. The Bertz CT molecular complexity index is 941. The van der Waals surface area contributed by atoms with E-state index < -0.39 is 18.0 Å². The van der Waals surface area contributed by atoms with Crippen LogP contribution in [0.25, 0.3) is 10.6 Å². The molecule has 1 atom stereocenters. The van der Waals surface area contributed by atoms with Gasteiger partial charge in [-0.1, -0.05) is 11.6 Å². The zero-order valence-corrected chi connectivity index (χ0v) is 16.2. The van der Waals surface area contributed by atoms with Crippen molar-refractivity contribution in [1.29, 1.82) is 0 Å². The molecule has 0 aliphatic heterocycles. The Morgan fingerprint density at radius 1 is 1.35 bits per heavy atom. The molecule has 0 spiro atoms. The zero-order valence-electron chi connectivity index (χ0n) is 13.9. The first kappa shape index (κ1) is 18.5. The summed E-state index contributed by atoms with van der Waals surface area (Å²) in [4.78, 5) is 33.3. The van der Waals surface area contributed by atoms with Crippen LogP contribution in [-0.4, -0.2) is 27.9 Å². The van der Waals surface area contributed by atoms with Gasteiger partial charge in [0.1, 0.15) is 9.88 Å². The molecule has 0 aliphatic carbocycles. The standard InChI is InChI=1S/C17H14ClN3O3S2/c1-9-13(26-16(20-9)11-5-7-25-8-11)17(23)24-10(2)15(22)21-12-4-3-6-19-14(12)18/h3-8,10H,1-2H3,(H,21,22). The number of aryl methyl sites for hydroxylation is 1. The summed E-state index contributed by atoms with van der Waals surface area (Å²) in [7, 11) is 0. The highest BCUT2D eigenvalue weighted by molar-refractivity contribution is 7.17. The summed E-state index contributed by atoms with van der Waals surface area (Å²) >= 11 is 8.71. The molecule has 0 aliphatic rings. The Balaban J connectivity index is 1.68. The van der Waals surface area contributed by atoms with Gasteiger partial charge in [-0.15, -0.1) is 11.3 Å². The van der Waals surface area contributed by atoms with Gasteiger partial charge in [-0.05, 0) is 37.4 Å². The van der Waals surface area contributed by atoms with Crippen LogP contribution in [0.1, 0.15) is 22.3 Å². The van der Waals surface area contributed by atoms with Gasteiger partial charge in [0.2, 0.25) is 0 Å². The molecule has 0 saturated carbocycles. The maximum Gasteiger partial charge on any atom is 0.351 e. The Hall–Kier alpha value is -2.29. The predicted molar refractivity (Wildman–Crippen MR) is 103 cm³/mol. The predicted octanol–water partition coefficient (Wildman–Crippen LogP) is 4.41. The molecular weight excluding hydrogens is 394 g/mol. The zero-order chi connectivity index (χ0) is 18.7. The number of amides is 1. The van der Waals surface area contributed by atoms with Crippen LogP contribution in [0.15, 0.2) is 35.2 Å². The Kier molecular flexibility index (Phi) is 5.65. The maximum atomic E-state index is 12.4. The second-order valence-corrected chi connectivity index (χ2v) is 7.46. The van der Waals surface area contributed by atoms with Crippen molar-refractivity contribution < 1.29 is 14.3 Å². The molecule has 6 nitrogen and oxygen atoms in total. The number of thiazole rings is 1. The van der Waals surface area contributed by atoms with Gasteiger partial charge in [-0.3, -0.25) is 4.79 Å². The first-order valence-electron chi connectivity index (χ1n) is 7.58. The lowest BCUT2D eigenvalue weighted by Gasteiger charge is -2.13. The minimum atomic E-state index is -0.995. The third kappa shape index (κ3) is 4.09. The van der Waals surface area contributed by atoms with Crippen molar-refractivity contribution >= 4 is 51.8 Å². The highest BCUT2D eigenvalue weighted by Crippen LogP contribution is 2.30. The van der Waals surface area contributed by atoms with Gasteiger partial charge in [0.05, 0.1) is 11.4 Å². The molecule has 3 aromatic rings. The third-order valence-electron chi connectivity index (χ3n) is 3.42. The van der Waals surface area contributed by atoms with Gasteiger partial charge >= 0.3 is 5.97 Å². The highest BCUT2D eigenvalue weighted by atomic mass is 35.5. The number of hydrogen-bond acceptors (Lipinski definition) is 7. The molecule has 0 radical (unpaired) electrons. The van der Waals surface area contributed by atoms with Crippen LogP contribution < -0.4 is 5.32 Å². The van der Waals surface area contributed by atoms with Crippen molar-refractivity contribution in [2.75, 3.05) is 5.32 Å². The van der Waals surface area contributed by atoms with Gasteiger partial charge < -0.3 is 10.1 Å². The van der Waals surface area contributed by atoms with Crippen molar-refractivity contribution in [1.82, 2.24) is 9.97 Å². The van der Waals surface area contributed by atoms with Crippen molar-refractivity contribution in [2.45, 2.75) is 20.0 Å². The molecule has 26 heavy (non-hydrogen) atoms. The van der Waals surface area contributed by atoms with Gasteiger partial charge in [0.25, 0.3) is 5.91 Å². The van der Waals surface area contributed by atoms with E-state index in [-0.39, 0.29) is 5.15 Å². The molecule has 0 bridgehead atoms. The number of halogens is 1. The average Bonchev–Trinajstić information content (AvgIpc) is 3.26. The van der Waals surface area contributed by atoms with E-state index in [4.69, 9.17) is 16.3 Å². The van der Waals surface area contributed by atoms with Crippen molar-refractivity contribution in [3.8, 4) is 10.6 Å². The lowest BCUT2D eigenvalue weighted by molar-refractivity contribution is -0.123. The number of esters is 1. The van der Waals surface area contributed by atoms with Crippen LogP contribution in [0.3, 0.4) is 0 Å². The van der Waals surface area contributed by atoms with E-state index in [0.717, 1.165) is 10.6 Å². The largest absolute Gasteiger partial charge is 0.448 e. The molecule has 3 rings (SSSR count). The fourth-order valence-corrected chi connectivity index (χ4v) is 3.90. The van der Waals surface area contributed by atoms with Crippen LogP contribution in [0.5, 0.6) is 0 Å². The fraction of sp³-hybridized carbons (Fsp3) is 0.176. The van der Waals surface area contributed by atoms with Crippen molar-refractivity contribution in [2.24, 2.45) is 0 Å². The van der Waals surface area contributed by atoms with Crippen LogP contribution in [0.2, 0.25) is 5.15 Å². The van der Waals surface area contributed by atoms with Crippen molar-refractivity contribution in [3.63, 3.8) is 0 Å². The summed E-state index contributed by atoms with van der Waals surface area (Å²) in [6.07, 6.45) is 0.517. The number of thiophene rings is 1. The van der Waals surface area contributed by atoms with Gasteiger partial charge in [-0.2, -0.15) is 11.3 Å². The number of carbonyl (C=O) groups excluding carboxylic acids is 2. The molecule has 3 aromatic heterocycles. The molecule has 3 heterocycles. The number of aromatic nitrogens is 2. The number of carbonyl (C=O) groups is 2. The Morgan fingerprint density at radius 3 is 2.85 bits per heavy atom. The van der Waals surface area contributed by atoms with Gasteiger partial charge in [0.15, 0.2) is 11.3 Å². The van der Waals surface area contributed by atoms with E-state index in [0.29, 0.717) is 16.3 Å². The quantitative estimate of drug-likeness (QED) is 0.500. The van der Waals surface area contributed by atoms with E-state index in [1.165, 1.54) is 24.5 Å². The summed E-state index contributed by atoms with van der Waals surface area (Å²) in [5, 5.41) is 7.40. The van der Waals surface area contributed by atoms with E-state index in [1.807, 2.05) is 16.8 Å². The van der Waals surface area contributed by atoms with Crippen LogP contribution in [-0.2, 0) is 9.53 Å². The molecule has 1 N–H and O–H groups in total. The van der Waals surface area contributed by atoms with E-state index in [9.17, 15) is 9.59 Å². The lowest BCUT2D eigenvalue weighted by atomic mass is 10.3. The smallest absolute Gasteiger partial charge is 0.351 e. The van der Waals surface area contributed by atoms with Crippen LogP contribution in [0, 0.1) is 6.92 Å². The first-order chi connectivity index (χ1) is 12.5. The monoisotopic (exact) mass is 407 g/mol. The van der Waals surface area contributed by atoms with E-state index in [1.54, 1.807) is 30.4 Å². The molecule has 0 aromatic carbocycles. The summed E-state index contributed by atoms with van der Waals surface area (Å²) in [6.45, 7) is 3.23. The average molecular weight is 408 g/mol. The lowest BCUT2D eigenvalue weighted by Crippen LogP contribution is -2.30. The summed E-state index contributed by atoms with van der Waals surface area (Å²) in [5.41, 5.74) is 1.89. The second-order valence-electron chi connectivity index (χ2n) is 5.32. The maximum absolute atomic E-state index is 12.4. The van der Waals surface area contributed by atoms with E-state index in [2.05, 4.69) is 15.3 Å². The number of anilines is 1. The second kappa shape index (κ2) is 7.94. The first-order valence-corrected chi connectivity index (χ1v) is 9.72.